The van der Waals surface area contributed by atoms with Crippen molar-refractivity contribution in [3.63, 3.8) is 0 Å². The van der Waals surface area contributed by atoms with Gasteiger partial charge in [-0.15, -0.1) is 0 Å². The Labute approximate surface area is 241 Å². The lowest BCUT2D eigenvalue weighted by Gasteiger charge is -2.43. The molecule has 0 spiro atoms. The second-order valence-electron chi connectivity index (χ2n) is 13.0. The van der Waals surface area contributed by atoms with E-state index in [1.165, 1.54) is 77.0 Å². The maximum absolute atomic E-state index is 2.66. The Morgan fingerprint density at radius 3 is 1.10 bits per heavy atom. The molecule has 4 rings (SSSR count). The number of hydrogen-bond acceptors (Lipinski definition) is 0. The lowest BCUT2D eigenvalue weighted by atomic mass is 9.60. The summed E-state index contributed by atoms with van der Waals surface area (Å²) >= 11 is 0. The lowest BCUT2D eigenvalue weighted by Crippen LogP contribution is -2.32. The number of aryl methyl sites for hydroxylation is 4. The molecular weight excluding hydrogens is 468 g/mol. The van der Waals surface area contributed by atoms with E-state index < -0.39 is 0 Å². The van der Waals surface area contributed by atoms with Crippen molar-refractivity contribution in [1.29, 1.82) is 0 Å². The van der Waals surface area contributed by atoms with Crippen molar-refractivity contribution in [1.82, 2.24) is 0 Å². The number of benzene rings is 2. The van der Waals surface area contributed by atoms with E-state index in [4.69, 9.17) is 0 Å². The Balaban J connectivity index is 1.96. The van der Waals surface area contributed by atoms with Crippen LogP contribution >= 0.6 is 0 Å². The minimum atomic E-state index is 0.110. The molecule has 2 aromatic carbocycles. The molecule has 0 bridgehead atoms. The fraction of sp³-hybridized carbons (Fsp3) is 0.590. The third-order valence-electron chi connectivity index (χ3n) is 9.56. The molecule has 39 heavy (non-hydrogen) atoms. The molecule has 2 unspecified atom stereocenters. The molecule has 0 nitrogen and oxygen atoms in total. The molecule has 0 saturated carbocycles. The van der Waals surface area contributed by atoms with Crippen LogP contribution in [-0.2, 0) is 25.7 Å². The van der Waals surface area contributed by atoms with Crippen LogP contribution in [0.1, 0.15) is 163 Å². The highest BCUT2D eigenvalue weighted by Gasteiger charge is 2.48. The van der Waals surface area contributed by atoms with Gasteiger partial charge in [-0.2, -0.15) is 0 Å². The Morgan fingerprint density at radius 2 is 0.769 bits per heavy atom. The number of allylic oxidation sites excluding steroid dienone is 2. The molecule has 0 N–H and O–H groups in total. The van der Waals surface area contributed by atoms with Crippen molar-refractivity contribution < 1.29 is 0 Å². The molecule has 2 aliphatic carbocycles. The fourth-order valence-electron chi connectivity index (χ4n) is 8.21. The van der Waals surface area contributed by atoms with Gasteiger partial charge in [0, 0.05) is 11.8 Å². The van der Waals surface area contributed by atoms with Crippen LogP contribution < -0.4 is 0 Å². The normalized spacial score (nSPS) is 18.3. The zero-order valence-electron chi connectivity index (χ0n) is 26.6. The Hall–Kier alpha value is -2.08. The van der Waals surface area contributed by atoms with Gasteiger partial charge < -0.3 is 0 Å². The first kappa shape index (κ1) is 29.9. The summed E-state index contributed by atoms with van der Waals surface area (Å²) in [4.78, 5) is 0. The molecule has 0 fully saturated rings. The van der Waals surface area contributed by atoms with Crippen LogP contribution in [0, 0.1) is 5.41 Å². The van der Waals surface area contributed by atoms with Crippen molar-refractivity contribution in [2.45, 2.75) is 144 Å². The van der Waals surface area contributed by atoms with E-state index >= 15 is 0 Å². The number of rotatable bonds is 14. The molecule has 0 heteroatoms. The van der Waals surface area contributed by atoms with Gasteiger partial charge in [-0.05, 0) is 88.4 Å². The fourth-order valence-corrected chi connectivity index (χ4v) is 8.21. The smallest absolute Gasteiger partial charge is 0.0120 e. The van der Waals surface area contributed by atoms with Crippen LogP contribution in [-0.4, -0.2) is 0 Å². The van der Waals surface area contributed by atoms with Crippen LogP contribution in [0.15, 0.2) is 35.4 Å². The Kier molecular flexibility index (Phi) is 10.0. The first-order valence-electron chi connectivity index (χ1n) is 16.6. The van der Waals surface area contributed by atoms with E-state index in [-0.39, 0.29) is 5.41 Å². The van der Waals surface area contributed by atoms with Gasteiger partial charge >= 0.3 is 0 Å². The van der Waals surface area contributed by atoms with Crippen LogP contribution in [0.3, 0.4) is 0 Å². The zero-order valence-corrected chi connectivity index (χ0v) is 26.6. The van der Waals surface area contributed by atoms with Crippen molar-refractivity contribution in [3.8, 4) is 0 Å². The summed E-state index contributed by atoms with van der Waals surface area (Å²) in [5.74, 6) is 0.984. The van der Waals surface area contributed by atoms with E-state index in [0.717, 1.165) is 0 Å². The molecule has 0 radical (unpaired) electrons. The minimum Gasteiger partial charge on any atom is -0.0651 e. The molecular formula is C39H56. The van der Waals surface area contributed by atoms with Gasteiger partial charge in [0.15, 0.2) is 0 Å². The van der Waals surface area contributed by atoms with E-state index in [2.05, 4.69) is 91.8 Å². The number of fused-ring (bicyclic) bond motifs is 2. The van der Waals surface area contributed by atoms with E-state index in [1.807, 2.05) is 0 Å². The molecule has 0 saturated heterocycles. The minimum absolute atomic E-state index is 0.110. The van der Waals surface area contributed by atoms with Crippen LogP contribution in [0.25, 0.3) is 12.2 Å². The van der Waals surface area contributed by atoms with Crippen molar-refractivity contribution in [2.24, 2.45) is 5.41 Å². The molecule has 0 amide bonds. The second-order valence-corrected chi connectivity index (χ2v) is 13.0. The van der Waals surface area contributed by atoms with Crippen LogP contribution in [0.5, 0.6) is 0 Å². The number of hydrogen-bond donors (Lipinski definition) is 0. The van der Waals surface area contributed by atoms with E-state index in [1.54, 1.807) is 55.7 Å². The third-order valence-corrected chi connectivity index (χ3v) is 9.56. The summed E-state index contributed by atoms with van der Waals surface area (Å²) in [6.45, 7) is 19.4. The van der Waals surface area contributed by atoms with Gasteiger partial charge in [0.1, 0.15) is 0 Å². The highest BCUT2D eigenvalue weighted by atomic mass is 14.5. The zero-order chi connectivity index (χ0) is 28.2. The van der Waals surface area contributed by atoms with Crippen LogP contribution in [0.4, 0.5) is 0 Å². The van der Waals surface area contributed by atoms with Gasteiger partial charge in [-0.3, -0.25) is 0 Å². The molecule has 2 aromatic rings. The summed E-state index contributed by atoms with van der Waals surface area (Å²) in [6, 6.07) is 9.94. The maximum Gasteiger partial charge on any atom is 0.0120 e. The molecule has 0 heterocycles. The summed E-state index contributed by atoms with van der Waals surface area (Å²) in [5.41, 5.74) is 16.5. The topological polar surface area (TPSA) is 0 Å². The molecule has 0 aromatic heterocycles. The highest BCUT2D eigenvalue weighted by molar-refractivity contribution is 5.75. The Bertz CT molecular complexity index is 1110. The largest absolute Gasteiger partial charge is 0.0651 e. The summed E-state index contributed by atoms with van der Waals surface area (Å²) in [7, 11) is 0. The van der Waals surface area contributed by atoms with Gasteiger partial charge in [-0.25, -0.2) is 0 Å². The molecule has 2 aliphatic rings. The molecule has 212 valence electrons. The van der Waals surface area contributed by atoms with Crippen molar-refractivity contribution in [2.75, 3.05) is 0 Å². The first-order chi connectivity index (χ1) is 18.9. The molecule has 2 atom stereocenters. The second kappa shape index (κ2) is 13.1. The Morgan fingerprint density at radius 1 is 0.462 bits per heavy atom. The predicted octanol–water partition coefficient (Wildman–Crippen LogP) is 11.8. The lowest BCUT2D eigenvalue weighted by molar-refractivity contribution is 0.266. The summed E-state index contributed by atoms with van der Waals surface area (Å²) in [6.07, 6.45) is 19.8. The average molecular weight is 525 g/mol. The van der Waals surface area contributed by atoms with E-state index in [0.29, 0.717) is 11.8 Å². The van der Waals surface area contributed by atoms with Gasteiger partial charge in [0.05, 0.1) is 0 Å². The van der Waals surface area contributed by atoms with Crippen molar-refractivity contribution >= 4 is 12.2 Å². The third kappa shape index (κ3) is 5.60. The van der Waals surface area contributed by atoms with Gasteiger partial charge in [-0.1, -0.05) is 141 Å². The SMILES string of the molecule is CCCC1=Cc2c(CCC)ccc(CCC)c2C1C(C)(C)C1C(CCC)=Cc2c(CCC)ccc(CCC)c21. The first-order valence-corrected chi connectivity index (χ1v) is 16.6. The van der Waals surface area contributed by atoms with Crippen molar-refractivity contribution in [3.05, 3.63) is 79.9 Å². The quantitative estimate of drug-likeness (QED) is 0.230. The monoisotopic (exact) mass is 524 g/mol. The standard InChI is InChI=1S/C39H56/c1-9-15-27-21-23-29(17-11-3)35-33(27)25-31(19-13-5)37(35)39(7,8)38-32(20-14-6)26-34-28(16-10-2)22-24-30(18-12-4)36(34)38/h21-26,37-38H,9-20H2,1-8H3. The summed E-state index contributed by atoms with van der Waals surface area (Å²) in [5, 5.41) is 0. The van der Waals surface area contributed by atoms with Gasteiger partial charge in [0.2, 0.25) is 0 Å². The molecule has 0 aliphatic heterocycles. The maximum atomic E-state index is 2.66. The van der Waals surface area contributed by atoms with Crippen LogP contribution in [0.2, 0.25) is 0 Å². The predicted molar refractivity (Wildman–Crippen MR) is 174 cm³/mol. The average Bonchev–Trinajstić information content (AvgIpc) is 3.48. The highest BCUT2D eigenvalue weighted by Crippen LogP contribution is 2.61. The van der Waals surface area contributed by atoms with E-state index in [9.17, 15) is 0 Å². The van der Waals surface area contributed by atoms with Gasteiger partial charge in [0.25, 0.3) is 0 Å². The summed E-state index contributed by atoms with van der Waals surface area (Å²) < 4.78 is 0.